The largest absolute Gasteiger partial charge is 0.370 e. The molecule has 3 N–H and O–H groups in total. The molecule has 0 spiro atoms. The molecule has 0 radical (unpaired) electrons. The van der Waals surface area contributed by atoms with Crippen LogP contribution in [0.15, 0.2) is 48.5 Å². The van der Waals surface area contributed by atoms with E-state index in [0.717, 1.165) is 0 Å². The summed E-state index contributed by atoms with van der Waals surface area (Å²) < 4.78 is 13.1. The second-order valence-electron chi connectivity index (χ2n) is 4.23. The van der Waals surface area contributed by atoms with Crippen LogP contribution in [0.2, 0.25) is 0 Å². The predicted molar refractivity (Wildman–Crippen MR) is 73.1 cm³/mol. The topological polar surface area (TPSA) is 78.9 Å². The van der Waals surface area contributed by atoms with Crippen LogP contribution in [0, 0.1) is 17.1 Å². The first kappa shape index (κ1) is 13.6. The summed E-state index contributed by atoms with van der Waals surface area (Å²) >= 11 is 0. The van der Waals surface area contributed by atoms with Crippen molar-refractivity contribution in [3.05, 3.63) is 65.5 Å². The monoisotopic (exact) mass is 269 g/mol. The van der Waals surface area contributed by atoms with Gasteiger partial charge in [-0.25, -0.2) is 4.39 Å². The number of hydrogen-bond acceptors (Lipinski definition) is 3. The summed E-state index contributed by atoms with van der Waals surface area (Å²) in [7, 11) is 0. The zero-order chi connectivity index (χ0) is 14.5. The van der Waals surface area contributed by atoms with Gasteiger partial charge >= 0.3 is 0 Å². The predicted octanol–water partition coefficient (Wildman–Crippen LogP) is 2.34. The summed E-state index contributed by atoms with van der Waals surface area (Å²) in [6.07, 6.45) is 0. The molecule has 0 saturated carbocycles. The van der Waals surface area contributed by atoms with Crippen molar-refractivity contribution >= 4 is 11.6 Å². The minimum Gasteiger partial charge on any atom is -0.370 e. The van der Waals surface area contributed by atoms with Crippen molar-refractivity contribution in [3.8, 4) is 6.07 Å². The highest BCUT2D eigenvalue weighted by Gasteiger charge is 2.18. The first-order valence-corrected chi connectivity index (χ1v) is 5.91. The smallest absolute Gasteiger partial charge is 0.244 e. The maximum atomic E-state index is 13.1. The van der Waals surface area contributed by atoms with Gasteiger partial charge in [-0.1, -0.05) is 18.2 Å². The third-order valence-corrected chi connectivity index (χ3v) is 2.77. The second kappa shape index (κ2) is 5.85. The molecular weight excluding hydrogens is 257 g/mol. The van der Waals surface area contributed by atoms with Crippen molar-refractivity contribution in [2.45, 2.75) is 6.04 Å². The number of carbonyl (C=O) groups excluding carboxylic acids is 1. The molecule has 100 valence electrons. The molecule has 0 aliphatic rings. The highest BCUT2D eigenvalue weighted by atomic mass is 19.1. The van der Waals surface area contributed by atoms with E-state index in [0.29, 0.717) is 16.8 Å². The molecule has 0 saturated heterocycles. The Morgan fingerprint density at radius 2 is 2.00 bits per heavy atom. The van der Waals surface area contributed by atoms with Crippen LogP contribution in [0.4, 0.5) is 10.1 Å². The molecule has 4 nitrogen and oxygen atoms in total. The van der Waals surface area contributed by atoms with Gasteiger partial charge in [0, 0.05) is 5.69 Å². The Morgan fingerprint density at radius 3 is 2.65 bits per heavy atom. The Morgan fingerprint density at radius 1 is 1.25 bits per heavy atom. The quantitative estimate of drug-likeness (QED) is 0.894. The lowest BCUT2D eigenvalue weighted by Gasteiger charge is -2.17. The lowest BCUT2D eigenvalue weighted by molar-refractivity contribution is -0.118. The summed E-state index contributed by atoms with van der Waals surface area (Å²) in [6.45, 7) is 0. The number of nitrogens with zero attached hydrogens (tertiary/aromatic N) is 1. The van der Waals surface area contributed by atoms with E-state index in [9.17, 15) is 9.18 Å². The minimum absolute atomic E-state index is 0.413. The minimum atomic E-state index is -0.829. The van der Waals surface area contributed by atoms with Gasteiger partial charge in [0.15, 0.2) is 0 Å². The van der Waals surface area contributed by atoms with Gasteiger partial charge in [-0.05, 0) is 35.9 Å². The Balaban J connectivity index is 2.32. The highest BCUT2D eigenvalue weighted by molar-refractivity contribution is 5.84. The van der Waals surface area contributed by atoms with Crippen LogP contribution in [0.25, 0.3) is 0 Å². The average Bonchev–Trinajstić information content (AvgIpc) is 2.44. The fourth-order valence-corrected chi connectivity index (χ4v) is 1.85. The molecule has 2 aromatic carbocycles. The molecule has 0 fully saturated rings. The van der Waals surface area contributed by atoms with Crippen molar-refractivity contribution in [1.82, 2.24) is 0 Å². The Kier molecular flexibility index (Phi) is 3.96. The number of nitrogens with one attached hydrogen (secondary N) is 1. The second-order valence-corrected chi connectivity index (χ2v) is 4.23. The number of nitriles is 1. The van der Waals surface area contributed by atoms with Gasteiger partial charge in [0.2, 0.25) is 5.91 Å². The van der Waals surface area contributed by atoms with Crippen LogP contribution >= 0.6 is 0 Å². The molecule has 1 amide bonds. The number of halogens is 1. The summed E-state index contributed by atoms with van der Waals surface area (Å²) in [5.74, 6) is -1.02. The first-order chi connectivity index (χ1) is 9.60. The summed E-state index contributed by atoms with van der Waals surface area (Å²) in [6, 6.07) is 13.4. The molecule has 5 heteroatoms. The van der Waals surface area contributed by atoms with E-state index in [1.807, 2.05) is 6.07 Å². The Bertz CT molecular complexity index is 679. The molecule has 0 aliphatic carbocycles. The van der Waals surface area contributed by atoms with Gasteiger partial charge in [0.05, 0.1) is 11.6 Å². The number of hydrogen-bond donors (Lipinski definition) is 2. The van der Waals surface area contributed by atoms with Crippen molar-refractivity contribution in [3.63, 3.8) is 0 Å². The highest BCUT2D eigenvalue weighted by Crippen LogP contribution is 2.20. The number of rotatable bonds is 4. The SMILES string of the molecule is N#Cc1cccc(C(Nc2cccc(F)c2)C(N)=O)c1. The summed E-state index contributed by atoms with van der Waals surface area (Å²) in [5, 5.41) is 11.7. The standard InChI is InChI=1S/C15H12FN3O/c16-12-5-2-6-13(8-12)19-14(15(18)20)11-4-1-3-10(7-11)9-17/h1-8,14,19H,(H2,18,20). The molecule has 1 unspecified atom stereocenters. The molecule has 2 rings (SSSR count). The third kappa shape index (κ3) is 3.12. The fraction of sp³-hybridized carbons (Fsp3) is 0.0667. The van der Waals surface area contributed by atoms with Gasteiger partial charge < -0.3 is 11.1 Å². The molecule has 0 aromatic heterocycles. The van der Waals surface area contributed by atoms with Gasteiger partial charge in [0.1, 0.15) is 11.9 Å². The van der Waals surface area contributed by atoms with E-state index in [2.05, 4.69) is 5.32 Å². The van der Waals surface area contributed by atoms with E-state index in [4.69, 9.17) is 11.0 Å². The van der Waals surface area contributed by atoms with Gasteiger partial charge in [-0.3, -0.25) is 4.79 Å². The van der Waals surface area contributed by atoms with E-state index < -0.39 is 17.8 Å². The first-order valence-electron chi connectivity index (χ1n) is 5.91. The number of carbonyl (C=O) groups is 1. The van der Waals surface area contributed by atoms with Crippen LogP contribution in [0.3, 0.4) is 0 Å². The van der Waals surface area contributed by atoms with Crippen molar-refractivity contribution in [1.29, 1.82) is 5.26 Å². The number of primary amides is 1. The van der Waals surface area contributed by atoms with Crippen molar-refractivity contribution < 1.29 is 9.18 Å². The van der Waals surface area contributed by atoms with Crippen molar-refractivity contribution in [2.24, 2.45) is 5.73 Å². The zero-order valence-corrected chi connectivity index (χ0v) is 10.5. The Labute approximate surface area is 115 Å². The average molecular weight is 269 g/mol. The number of anilines is 1. The van der Waals surface area contributed by atoms with Gasteiger partial charge in [-0.2, -0.15) is 5.26 Å². The molecule has 0 bridgehead atoms. The van der Waals surface area contributed by atoms with E-state index >= 15 is 0 Å². The Hall–Kier alpha value is -2.87. The molecule has 1 atom stereocenters. The number of nitrogens with two attached hydrogens (primary N) is 1. The van der Waals surface area contributed by atoms with Crippen LogP contribution in [0.1, 0.15) is 17.2 Å². The molecule has 2 aromatic rings. The molecule has 20 heavy (non-hydrogen) atoms. The third-order valence-electron chi connectivity index (χ3n) is 2.77. The molecule has 0 heterocycles. The normalized spacial score (nSPS) is 11.4. The zero-order valence-electron chi connectivity index (χ0n) is 10.5. The van der Waals surface area contributed by atoms with E-state index in [1.165, 1.54) is 18.2 Å². The lowest BCUT2D eigenvalue weighted by atomic mass is 10.0. The van der Waals surface area contributed by atoms with E-state index in [1.54, 1.807) is 30.3 Å². The van der Waals surface area contributed by atoms with Crippen molar-refractivity contribution in [2.75, 3.05) is 5.32 Å². The molecule has 0 aliphatic heterocycles. The maximum Gasteiger partial charge on any atom is 0.244 e. The van der Waals surface area contributed by atoms with Crippen LogP contribution in [0.5, 0.6) is 0 Å². The maximum absolute atomic E-state index is 13.1. The van der Waals surface area contributed by atoms with Crippen LogP contribution in [-0.2, 0) is 4.79 Å². The van der Waals surface area contributed by atoms with E-state index in [-0.39, 0.29) is 0 Å². The lowest BCUT2D eigenvalue weighted by Crippen LogP contribution is -2.27. The summed E-state index contributed by atoms with van der Waals surface area (Å²) in [5.41, 5.74) is 6.79. The number of benzene rings is 2. The van der Waals surface area contributed by atoms with Crippen LogP contribution < -0.4 is 11.1 Å². The number of amides is 1. The summed E-state index contributed by atoms with van der Waals surface area (Å²) in [4.78, 5) is 11.6. The van der Waals surface area contributed by atoms with Gasteiger partial charge in [-0.15, -0.1) is 0 Å². The molecular formula is C15H12FN3O. The van der Waals surface area contributed by atoms with Gasteiger partial charge in [0.25, 0.3) is 0 Å². The fourth-order valence-electron chi connectivity index (χ4n) is 1.85. The van der Waals surface area contributed by atoms with Crippen LogP contribution in [-0.4, -0.2) is 5.91 Å².